The van der Waals surface area contributed by atoms with Gasteiger partial charge in [0.2, 0.25) is 5.91 Å². The van der Waals surface area contributed by atoms with Crippen molar-refractivity contribution < 1.29 is 22.0 Å². The van der Waals surface area contributed by atoms with Gasteiger partial charge in [-0.1, -0.05) is 18.2 Å². The molecular weight excluding hydrogens is 336 g/mol. The highest BCUT2D eigenvalue weighted by Crippen LogP contribution is 2.35. The van der Waals surface area contributed by atoms with Crippen LogP contribution in [0, 0.1) is 5.92 Å². The van der Waals surface area contributed by atoms with Crippen LogP contribution in [0.5, 0.6) is 0 Å². The van der Waals surface area contributed by atoms with Crippen LogP contribution in [0.25, 0.3) is 5.57 Å². The molecule has 7 heteroatoms. The number of carbonyl (C=O) groups is 1. The fraction of sp³-hybridized carbons (Fsp3) is 0.471. The summed E-state index contributed by atoms with van der Waals surface area (Å²) in [4.78, 5) is 11.9. The molecule has 0 spiro atoms. The number of rotatable bonds is 5. The summed E-state index contributed by atoms with van der Waals surface area (Å²) >= 11 is 0. The van der Waals surface area contributed by atoms with Crippen molar-refractivity contribution in [3.05, 3.63) is 35.9 Å². The van der Waals surface area contributed by atoms with Gasteiger partial charge < -0.3 is 5.73 Å². The first-order valence-electron chi connectivity index (χ1n) is 7.93. The summed E-state index contributed by atoms with van der Waals surface area (Å²) in [7, 11) is -3.30. The van der Waals surface area contributed by atoms with Gasteiger partial charge in [-0.25, -0.2) is 17.2 Å². The van der Waals surface area contributed by atoms with Crippen molar-refractivity contribution in [3.8, 4) is 0 Å². The van der Waals surface area contributed by atoms with E-state index in [4.69, 9.17) is 5.73 Å². The minimum Gasteiger partial charge on any atom is -0.366 e. The zero-order valence-corrected chi connectivity index (χ0v) is 13.8. The third-order valence-electron chi connectivity index (χ3n) is 4.57. The Morgan fingerprint density at radius 2 is 1.62 bits per heavy atom. The third-order valence-corrected chi connectivity index (χ3v) is 6.85. The first-order valence-corrected chi connectivity index (χ1v) is 9.47. The van der Waals surface area contributed by atoms with E-state index in [0.29, 0.717) is 18.4 Å². The number of nitrogens with two attached hydrogens (primary N) is 1. The highest BCUT2D eigenvalue weighted by Gasteiger charge is 2.37. The number of amides is 1. The minimum absolute atomic E-state index is 0.0199. The van der Waals surface area contributed by atoms with Gasteiger partial charge in [0, 0.05) is 5.57 Å². The summed E-state index contributed by atoms with van der Waals surface area (Å²) in [5.41, 5.74) is 6.00. The van der Waals surface area contributed by atoms with E-state index in [1.165, 1.54) is 30.3 Å². The topological polar surface area (TPSA) is 77.2 Å². The number of sulfone groups is 1. The normalized spacial score (nSPS) is 28.1. The number of benzene rings is 1. The second-order valence-corrected chi connectivity index (χ2v) is 8.70. The lowest BCUT2D eigenvalue weighted by Crippen LogP contribution is -2.14. The van der Waals surface area contributed by atoms with E-state index in [1.54, 1.807) is 0 Å². The highest BCUT2D eigenvalue weighted by atomic mass is 32.2. The SMILES string of the molecule is NC(=O)/C(=C/C1CC(F)C(F)C1)c1ccc(S(=O)(=O)C2CC2)cc1. The van der Waals surface area contributed by atoms with Crippen LogP contribution < -0.4 is 5.73 Å². The number of hydrogen-bond donors (Lipinski definition) is 1. The van der Waals surface area contributed by atoms with Crippen molar-refractivity contribution >= 4 is 21.3 Å². The molecule has 1 aromatic rings. The summed E-state index contributed by atoms with van der Waals surface area (Å²) in [6.45, 7) is 0. The van der Waals surface area contributed by atoms with Crippen molar-refractivity contribution in [2.75, 3.05) is 0 Å². The Morgan fingerprint density at radius 1 is 1.08 bits per heavy atom. The van der Waals surface area contributed by atoms with Gasteiger partial charge >= 0.3 is 0 Å². The smallest absolute Gasteiger partial charge is 0.248 e. The second-order valence-electron chi connectivity index (χ2n) is 6.48. The van der Waals surface area contributed by atoms with Crippen molar-refractivity contribution in [1.82, 2.24) is 0 Å². The highest BCUT2D eigenvalue weighted by molar-refractivity contribution is 7.92. The molecule has 1 aromatic carbocycles. The van der Waals surface area contributed by atoms with Crippen molar-refractivity contribution in [3.63, 3.8) is 0 Å². The molecule has 2 aliphatic carbocycles. The molecule has 0 bridgehead atoms. The van der Waals surface area contributed by atoms with Gasteiger partial charge in [-0.15, -0.1) is 0 Å². The van der Waals surface area contributed by atoms with E-state index in [1.807, 2.05) is 0 Å². The van der Waals surface area contributed by atoms with Crippen LogP contribution in [0.3, 0.4) is 0 Å². The van der Waals surface area contributed by atoms with E-state index >= 15 is 0 Å². The first-order chi connectivity index (χ1) is 11.3. The van der Waals surface area contributed by atoms with Crippen LogP contribution >= 0.6 is 0 Å². The average molecular weight is 355 g/mol. The number of carbonyl (C=O) groups excluding carboxylic acids is 1. The standard InChI is InChI=1S/C17H19F2NO3S/c18-15-8-10(9-16(15)19)7-14(17(20)21)11-1-3-12(4-2-11)24(22,23)13-5-6-13/h1-4,7,10,13,15-16H,5-6,8-9H2,(H2,20,21)/b14-7+. The largest absolute Gasteiger partial charge is 0.366 e. The maximum Gasteiger partial charge on any atom is 0.248 e. The lowest BCUT2D eigenvalue weighted by Gasteiger charge is -2.09. The van der Waals surface area contributed by atoms with E-state index in [0.717, 1.165) is 0 Å². The third kappa shape index (κ3) is 3.36. The maximum atomic E-state index is 13.3. The average Bonchev–Trinajstić information content (AvgIpc) is 3.33. The number of hydrogen-bond acceptors (Lipinski definition) is 3. The molecule has 24 heavy (non-hydrogen) atoms. The molecule has 4 nitrogen and oxygen atoms in total. The minimum atomic E-state index is -3.30. The lowest BCUT2D eigenvalue weighted by molar-refractivity contribution is -0.112. The summed E-state index contributed by atoms with van der Waals surface area (Å²) < 4.78 is 50.9. The van der Waals surface area contributed by atoms with Gasteiger partial charge in [0.05, 0.1) is 10.1 Å². The molecule has 1 amide bonds. The molecule has 0 radical (unpaired) electrons. The number of halogens is 2. The molecule has 2 N–H and O–H groups in total. The van der Waals surface area contributed by atoms with Crippen molar-refractivity contribution in [1.29, 1.82) is 0 Å². The van der Waals surface area contributed by atoms with Gasteiger partial charge in [0.25, 0.3) is 0 Å². The van der Waals surface area contributed by atoms with Crippen LogP contribution in [0.1, 0.15) is 31.2 Å². The zero-order valence-electron chi connectivity index (χ0n) is 13.0. The van der Waals surface area contributed by atoms with Crippen LogP contribution in [-0.2, 0) is 14.6 Å². The Bertz CT molecular complexity index is 760. The van der Waals surface area contributed by atoms with Crippen LogP contribution in [0.15, 0.2) is 35.2 Å². The predicted molar refractivity (Wildman–Crippen MR) is 86.3 cm³/mol. The van der Waals surface area contributed by atoms with E-state index < -0.39 is 34.0 Å². The summed E-state index contributed by atoms with van der Waals surface area (Å²) in [5, 5.41) is -0.309. The Labute approximate surface area is 139 Å². The lowest BCUT2D eigenvalue weighted by atomic mass is 9.98. The fourth-order valence-electron chi connectivity index (χ4n) is 3.06. The maximum absolute atomic E-state index is 13.3. The molecule has 2 fully saturated rings. The molecule has 2 atom stereocenters. The van der Waals surface area contributed by atoms with Crippen molar-refractivity contribution in [2.45, 2.75) is 48.2 Å². The van der Waals surface area contributed by atoms with Gasteiger partial charge in [0.15, 0.2) is 9.84 Å². The molecule has 2 saturated carbocycles. The molecule has 0 aromatic heterocycles. The fourth-order valence-corrected chi connectivity index (χ4v) is 4.71. The quantitative estimate of drug-likeness (QED) is 0.825. The molecule has 3 rings (SSSR count). The number of allylic oxidation sites excluding steroid dienone is 1. The predicted octanol–water partition coefficient (Wildman–Crippen LogP) is 2.58. The Morgan fingerprint density at radius 3 is 2.08 bits per heavy atom. The number of alkyl halides is 2. The van der Waals surface area contributed by atoms with Gasteiger partial charge in [-0.2, -0.15) is 0 Å². The molecule has 130 valence electrons. The van der Waals surface area contributed by atoms with E-state index in [2.05, 4.69) is 0 Å². The first kappa shape index (κ1) is 17.1. The Balaban J connectivity index is 1.86. The molecule has 0 saturated heterocycles. The van der Waals surface area contributed by atoms with E-state index in [9.17, 15) is 22.0 Å². The van der Waals surface area contributed by atoms with E-state index in [-0.39, 0.29) is 28.6 Å². The zero-order chi connectivity index (χ0) is 17.5. The Hall–Kier alpha value is -1.76. The van der Waals surface area contributed by atoms with Gasteiger partial charge in [0.1, 0.15) is 12.3 Å². The Kier molecular flexibility index (Phi) is 4.46. The summed E-state index contributed by atoms with van der Waals surface area (Å²) in [6, 6.07) is 5.93. The van der Waals surface area contributed by atoms with Gasteiger partial charge in [-0.05, 0) is 49.3 Å². The molecule has 2 unspecified atom stereocenters. The van der Waals surface area contributed by atoms with Crippen LogP contribution in [-0.4, -0.2) is 31.9 Å². The van der Waals surface area contributed by atoms with Crippen LogP contribution in [0.4, 0.5) is 8.78 Å². The summed E-state index contributed by atoms with van der Waals surface area (Å²) in [6.07, 6.45) is -0.158. The van der Waals surface area contributed by atoms with Crippen molar-refractivity contribution in [2.24, 2.45) is 11.7 Å². The molecule has 0 heterocycles. The van der Waals surface area contributed by atoms with Gasteiger partial charge in [-0.3, -0.25) is 4.79 Å². The molecule has 2 aliphatic rings. The van der Waals surface area contributed by atoms with Crippen LogP contribution in [0.2, 0.25) is 0 Å². The molecule has 0 aliphatic heterocycles. The second kappa shape index (κ2) is 6.27. The molecular formula is C17H19F2NO3S. The number of primary amides is 1. The summed E-state index contributed by atoms with van der Waals surface area (Å²) in [5.74, 6) is -1.10. The monoisotopic (exact) mass is 355 g/mol.